The molecule has 0 aromatic heterocycles. The molecule has 0 amide bonds. The highest BCUT2D eigenvalue weighted by Gasteiger charge is 2.45. The first-order valence-corrected chi connectivity index (χ1v) is 9.04. The van der Waals surface area contributed by atoms with Gasteiger partial charge in [0.2, 0.25) is 0 Å². The Hall–Kier alpha value is -1.13. The van der Waals surface area contributed by atoms with Gasteiger partial charge in [0.1, 0.15) is 6.10 Å². The van der Waals surface area contributed by atoms with Crippen LogP contribution in [0.5, 0.6) is 0 Å². The van der Waals surface area contributed by atoms with E-state index in [2.05, 4.69) is 11.5 Å². The fourth-order valence-corrected chi connectivity index (χ4v) is 3.67. The Bertz CT molecular complexity index is 420. The van der Waals surface area contributed by atoms with Gasteiger partial charge in [-0.25, -0.2) is 4.79 Å². The molecule has 130 valence electrons. The van der Waals surface area contributed by atoms with E-state index in [1.165, 1.54) is 0 Å². The van der Waals surface area contributed by atoms with E-state index in [1.54, 1.807) is 6.08 Å². The molecule has 0 spiro atoms. The van der Waals surface area contributed by atoms with Crippen LogP contribution in [0.3, 0.4) is 0 Å². The Morgan fingerprint density at radius 1 is 1.30 bits per heavy atom. The Kier molecular flexibility index (Phi) is 6.85. The molecular weight excluding hydrogens is 290 g/mol. The molecule has 2 rings (SSSR count). The molecule has 23 heavy (non-hydrogen) atoms. The first kappa shape index (κ1) is 18.2. The quantitative estimate of drug-likeness (QED) is 0.578. The van der Waals surface area contributed by atoms with E-state index in [0.717, 1.165) is 64.6 Å². The van der Waals surface area contributed by atoms with Crippen molar-refractivity contribution in [3.63, 3.8) is 0 Å². The average Bonchev–Trinajstić information content (AvgIpc) is 3.09. The summed E-state index contributed by atoms with van der Waals surface area (Å²) >= 11 is 0. The van der Waals surface area contributed by atoms with Gasteiger partial charge in [0.15, 0.2) is 5.60 Å². The normalized spacial score (nSPS) is 23.9. The second kappa shape index (κ2) is 8.65. The van der Waals surface area contributed by atoms with Gasteiger partial charge in [-0.2, -0.15) is 0 Å². The molecular formula is C19H31NO3. The third-order valence-electron chi connectivity index (χ3n) is 5.11. The number of nitrogens with zero attached hydrogens (tertiary/aromatic N) is 1. The highest BCUT2D eigenvalue weighted by atomic mass is 16.6. The lowest BCUT2D eigenvalue weighted by Crippen LogP contribution is -2.47. The average molecular weight is 321 g/mol. The van der Waals surface area contributed by atoms with Gasteiger partial charge in [-0.3, -0.25) is 4.90 Å². The van der Waals surface area contributed by atoms with Gasteiger partial charge in [0, 0.05) is 25.6 Å². The molecule has 0 aromatic rings. The van der Waals surface area contributed by atoms with E-state index >= 15 is 0 Å². The summed E-state index contributed by atoms with van der Waals surface area (Å²) in [5.74, 6) is -0.449. The van der Waals surface area contributed by atoms with Crippen molar-refractivity contribution in [3.8, 4) is 0 Å². The van der Waals surface area contributed by atoms with Crippen LogP contribution >= 0.6 is 0 Å². The van der Waals surface area contributed by atoms with Crippen molar-refractivity contribution < 1.29 is 14.6 Å². The van der Waals surface area contributed by atoms with Crippen molar-refractivity contribution in [3.05, 3.63) is 24.8 Å². The minimum atomic E-state index is -1.44. The molecule has 0 bridgehead atoms. The Balaban J connectivity index is 1.95. The maximum atomic E-state index is 12.7. The number of allylic oxidation sites excluding steroid dienone is 1. The summed E-state index contributed by atoms with van der Waals surface area (Å²) in [5, 5.41) is 11.0. The Morgan fingerprint density at radius 2 is 1.96 bits per heavy atom. The van der Waals surface area contributed by atoms with Crippen molar-refractivity contribution in [1.82, 2.24) is 4.90 Å². The van der Waals surface area contributed by atoms with Gasteiger partial charge in [-0.1, -0.05) is 31.9 Å². The summed E-state index contributed by atoms with van der Waals surface area (Å²) in [4.78, 5) is 15.0. The van der Waals surface area contributed by atoms with Crippen molar-refractivity contribution in [2.45, 2.75) is 63.6 Å². The van der Waals surface area contributed by atoms with Gasteiger partial charge in [-0.15, -0.1) is 6.58 Å². The first-order chi connectivity index (χ1) is 11.1. The topological polar surface area (TPSA) is 49.8 Å². The third kappa shape index (κ3) is 4.67. The van der Waals surface area contributed by atoms with Crippen LogP contribution < -0.4 is 0 Å². The molecule has 0 aromatic carbocycles. The zero-order chi connectivity index (χ0) is 16.7. The second-order valence-corrected chi connectivity index (χ2v) is 6.81. The molecule has 4 nitrogen and oxygen atoms in total. The minimum absolute atomic E-state index is 0.00125. The van der Waals surface area contributed by atoms with Gasteiger partial charge >= 0.3 is 5.97 Å². The number of aliphatic hydroxyl groups is 1. The number of likely N-dealkylation sites (tertiary alicyclic amines) is 1. The zero-order valence-corrected chi connectivity index (χ0v) is 14.4. The van der Waals surface area contributed by atoms with Crippen LogP contribution in [0.2, 0.25) is 0 Å². The van der Waals surface area contributed by atoms with E-state index < -0.39 is 11.6 Å². The number of piperidine rings is 1. The van der Waals surface area contributed by atoms with Crippen LogP contribution in [-0.2, 0) is 9.53 Å². The third-order valence-corrected chi connectivity index (χ3v) is 5.11. The van der Waals surface area contributed by atoms with Crippen molar-refractivity contribution in [1.29, 1.82) is 0 Å². The molecule has 1 atom stereocenters. The molecule has 1 aliphatic carbocycles. The number of hydrogen-bond acceptors (Lipinski definition) is 4. The van der Waals surface area contributed by atoms with Crippen LogP contribution in [0, 0.1) is 5.92 Å². The molecule has 4 heteroatoms. The predicted octanol–water partition coefficient (Wildman–Crippen LogP) is 3.07. The first-order valence-electron chi connectivity index (χ1n) is 9.04. The van der Waals surface area contributed by atoms with E-state index in [0.29, 0.717) is 0 Å². The molecule has 1 aliphatic heterocycles. The Labute approximate surface area is 140 Å². The van der Waals surface area contributed by atoms with Gasteiger partial charge in [0.05, 0.1) is 0 Å². The molecule has 1 saturated carbocycles. The molecule has 2 fully saturated rings. The predicted molar refractivity (Wildman–Crippen MR) is 92.1 cm³/mol. The molecule has 2 aliphatic rings. The number of rotatable bonds is 7. The summed E-state index contributed by atoms with van der Waals surface area (Å²) in [5.41, 5.74) is -1.44. The fraction of sp³-hybridized carbons (Fsp3) is 0.737. The summed E-state index contributed by atoms with van der Waals surface area (Å²) in [6, 6.07) is 0. The monoisotopic (exact) mass is 321 g/mol. The van der Waals surface area contributed by atoms with Crippen LogP contribution in [0.25, 0.3) is 0 Å². The summed E-state index contributed by atoms with van der Waals surface area (Å²) in [6.07, 6.45) is 11.8. The smallest absolute Gasteiger partial charge is 0.342 e. The number of carbonyl (C=O) groups excluding carboxylic acids is 1. The molecule has 0 unspecified atom stereocenters. The van der Waals surface area contributed by atoms with Crippen LogP contribution in [0.4, 0.5) is 0 Å². The van der Waals surface area contributed by atoms with E-state index in [-0.39, 0.29) is 12.0 Å². The minimum Gasteiger partial charge on any atom is -0.460 e. The number of carbonyl (C=O) groups is 1. The summed E-state index contributed by atoms with van der Waals surface area (Å²) < 4.78 is 5.70. The summed E-state index contributed by atoms with van der Waals surface area (Å²) in [6.45, 7) is 8.47. The SMILES string of the molecule is C=CCN1CCC(OC(=O)[C@@](O)(/C=C/CC)C2CCCC2)CC1. The lowest BCUT2D eigenvalue weighted by atomic mass is 9.85. The van der Waals surface area contributed by atoms with Gasteiger partial charge in [-0.05, 0) is 38.2 Å². The van der Waals surface area contributed by atoms with Crippen molar-refractivity contribution >= 4 is 5.97 Å². The second-order valence-electron chi connectivity index (χ2n) is 6.81. The van der Waals surface area contributed by atoms with Crippen molar-refractivity contribution in [2.75, 3.05) is 19.6 Å². The lowest BCUT2D eigenvalue weighted by Gasteiger charge is -2.34. The standard InChI is InChI=1S/C19H31NO3/c1-3-5-12-19(22,16-8-6-7-9-16)18(21)23-17-10-14-20(13-4-2)15-11-17/h4-5,12,16-17,22H,2-3,6-11,13-15H2,1H3/b12-5+/t19-/m1/s1. The largest absolute Gasteiger partial charge is 0.460 e. The van der Waals surface area contributed by atoms with Gasteiger partial charge in [0.25, 0.3) is 0 Å². The van der Waals surface area contributed by atoms with Crippen LogP contribution in [0.1, 0.15) is 51.9 Å². The van der Waals surface area contributed by atoms with Gasteiger partial charge < -0.3 is 9.84 Å². The van der Waals surface area contributed by atoms with E-state index in [9.17, 15) is 9.90 Å². The molecule has 1 N–H and O–H groups in total. The van der Waals surface area contributed by atoms with Crippen LogP contribution in [0.15, 0.2) is 24.8 Å². The fourth-order valence-electron chi connectivity index (χ4n) is 3.67. The number of hydrogen-bond donors (Lipinski definition) is 1. The highest BCUT2D eigenvalue weighted by Crippen LogP contribution is 2.36. The van der Waals surface area contributed by atoms with Crippen molar-refractivity contribution in [2.24, 2.45) is 5.92 Å². The maximum absolute atomic E-state index is 12.7. The number of ether oxygens (including phenoxy) is 1. The lowest BCUT2D eigenvalue weighted by molar-refractivity contribution is -0.173. The number of esters is 1. The van der Waals surface area contributed by atoms with E-state index in [1.807, 2.05) is 19.1 Å². The van der Waals surface area contributed by atoms with E-state index in [4.69, 9.17) is 4.74 Å². The Morgan fingerprint density at radius 3 is 2.52 bits per heavy atom. The highest BCUT2D eigenvalue weighted by molar-refractivity contribution is 5.82. The molecule has 1 saturated heterocycles. The zero-order valence-electron chi connectivity index (χ0n) is 14.4. The summed E-state index contributed by atoms with van der Waals surface area (Å²) in [7, 11) is 0. The van der Waals surface area contributed by atoms with Crippen LogP contribution in [-0.4, -0.2) is 47.3 Å². The molecule has 0 radical (unpaired) electrons. The molecule has 1 heterocycles. The maximum Gasteiger partial charge on any atom is 0.342 e.